The summed E-state index contributed by atoms with van der Waals surface area (Å²) in [5.41, 5.74) is 0. The van der Waals surface area contributed by atoms with E-state index in [4.69, 9.17) is 5.26 Å². The maximum Gasteiger partial charge on any atom is 0.0958 e. The van der Waals surface area contributed by atoms with Crippen molar-refractivity contribution in [2.24, 2.45) is 0 Å². The fourth-order valence-electron chi connectivity index (χ4n) is 1.12. The van der Waals surface area contributed by atoms with Crippen molar-refractivity contribution in [1.82, 2.24) is 5.32 Å². The molecule has 0 fully saturated rings. The smallest absolute Gasteiger partial charge is 0.0958 e. The van der Waals surface area contributed by atoms with Gasteiger partial charge in [-0.3, -0.25) is 0 Å². The quantitative estimate of drug-likeness (QED) is 0.845. The minimum Gasteiger partial charge on any atom is -0.305 e. The number of thioether (sulfide) groups is 1. The Hall–Kier alpha value is -0.500. The van der Waals surface area contributed by atoms with E-state index in [0.717, 1.165) is 16.6 Å². The molecular formula is C11H13BrN2S. The van der Waals surface area contributed by atoms with E-state index >= 15 is 0 Å². The molecule has 0 aliphatic heterocycles. The first-order chi connectivity index (χ1) is 7.27. The Morgan fingerprint density at radius 1 is 1.53 bits per heavy atom. The average molecular weight is 285 g/mol. The van der Waals surface area contributed by atoms with Crippen molar-refractivity contribution >= 4 is 27.7 Å². The lowest BCUT2D eigenvalue weighted by Crippen LogP contribution is -2.23. The van der Waals surface area contributed by atoms with Crippen LogP contribution in [0.25, 0.3) is 0 Å². The van der Waals surface area contributed by atoms with Gasteiger partial charge in [0, 0.05) is 15.1 Å². The van der Waals surface area contributed by atoms with Crippen LogP contribution in [0.1, 0.15) is 6.42 Å². The predicted molar refractivity (Wildman–Crippen MR) is 67.9 cm³/mol. The summed E-state index contributed by atoms with van der Waals surface area (Å²) in [6, 6.07) is 10.3. The van der Waals surface area contributed by atoms with Crippen LogP contribution in [-0.2, 0) is 0 Å². The number of benzene rings is 1. The second kappa shape index (κ2) is 6.89. The van der Waals surface area contributed by atoms with Crippen molar-refractivity contribution in [2.75, 3.05) is 12.8 Å². The summed E-state index contributed by atoms with van der Waals surface area (Å²) in [7, 11) is 1.82. The van der Waals surface area contributed by atoms with Gasteiger partial charge in [0.2, 0.25) is 0 Å². The monoisotopic (exact) mass is 284 g/mol. The Balaban J connectivity index is 2.39. The maximum absolute atomic E-state index is 8.75. The van der Waals surface area contributed by atoms with Gasteiger partial charge in [-0.05, 0) is 41.5 Å². The largest absolute Gasteiger partial charge is 0.305 e. The number of hydrogen-bond acceptors (Lipinski definition) is 3. The number of nitrogens with one attached hydrogen (secondary N) is 1. The highest BCUT2D eigenvalue weighted by molar-refractivity contribution is 9.10. The Labute approximate surface area is 103 Å². The third-order valence-electron chi connectivity index (χ3n) is 2.01. The van der Waals surface area contributed by atoms with E-state index in [0.29, 0.717) is 0 Å². The number of nitriles is 1. The third kappa shape index (κ3) is 4.25. The van der Waals surface area contributed by atoms with Gasteiger partial charge in [0.05, 0.1) is 12.1 Å². The molecule has 4 heteroatoms. The maximum atomic E-state index is 8.75. The lowest BCUT2D eigenvalue weighted by molar-refractivity contribution is 0.663. The summed E-state index contributed by atoms with van der Waals surface area (Å²) in [6.45, 7) is 0. The molecule has 0 radical (unpaired) electrons. The number of hydrogen-bond donors (Lipinski definition) is 1. The van der Waals surface area contributed by atoms with Crippen LogP contribution in [0, 0.1) is 11.3 Å². The van der Waals surface area contributed by atoms with E-state index in [1.165, 1.54) is 4.90 Å². The standard InChI is InChI=1S/C11H13BrN2S/c1-14-9(8-13)6-7-15-11-5-3-2-4-10(11)12/h2-5,9,14H,6-7H2,1H3. The minimum atomic E-state index is -0.0417. The third-order valence-corrected chi connectivity index (χ3v) is 4.07. The molecule has 0 saturated carbocycles. The molecule has 80 valence electrons. The summed E-state index contributed by atoms with van der Waals surface area (Å²) in [5, 5.41) is 11.7. The number of nitrogens with zero attached hydrogens (tertiary/aromatic N) is 1. The van der Waals surface area contributed by atoms with E-state index in [1.807, 2.05) is 25.2 Å². The Morgan fingerprint density at radius 2 is 2.27 bits per heavy atom. The number of rotatable bonds is 5. The van der Waals surface area contributed by atoms with E-state index in [1.54, 1.807) is 11.8 Å². The summed E-state index contributed by atoms with van der Waals surface area (Å²) in [5.74, 6) is 0.946. The molecule has 2 nitrogen and oxygen atoms in total. The van der Waals surface area contributed by atoms with Gasteiger partial charge in [-0.2, -0.15) is 5.26 Å². The molecule has 0 saturated heterocycles. The van der Waals surface area contributed by atoms with Gasteiger partial charge in [0.15, 0.2) is 0 Å². The summed E-state index contributed by atoms with van der Waals surface area (Å²) in [4.78, 5) is 1.23. The second-order valence-corrected chi connectivity index (χ2v) is 5.03. The SMILES string of the molecule is CNC(C#N)CCSc1ccccc1Br. The first-order valence-corrected chi connectivity index (χ1v) is 6.50. The van der Waals surface area contributed by atoms with Crippen LogP contribution < -0.4 is 5.32 Å². The topological polar surface area (TPSA) is 35.8 Å². The molecule has 1 rings (SSSR count). The van der Waals surface area contributed by atoms with Crippen LogP contribution in [0.3, 0.4) is 0 Å². The fourth-order valence-corrected chi connectivity index (χ4v) is 2.70. The van der Waals surface area contributed by atoms with Gasteiger partial charge in [-0.15, -0.1) is 11.8 Å². The van der Waals surface area contributed by atoms with Crippen LogP contribution >= 0.6 is 27.7 Å². The zero-order valence-corrected chi connectivity index (χ0v) is 10.9. The Bertz CT molecular complexity index is 349. The van der Waals surface area contributed by atoms with E-state index in [-0.39, 0.29) is 6.04 Å². The Morgan fingerprint density at radius 3 is 2.87 bits per heavy atom. The highest BCUT2D eigenvalue weighted by Gasteiger charge is 2.04. The molecular weight excluding hydrogens is 272 g/mol. The van der Waals surface area contributed by atoms with Crippen LogP contribution in [-0.4, -0.2) is 18.8 Å². The molecule has 0 aliphatic rings. The van der Waals surface area contributed by atoms with Gasteiger partial charge in [0.25, 0.3) is 0 Å². The van der Waals surface area contributed by atoms with Crippen LogP contribution in [0.4, 0.5) is 0 Å². The van der Waals surface area contributed by atoms with Gasteiger partial charge < -0.3 is 5.32 Å². The van der Waals surface area contributed by atoms with Crippen LogP contribution in [0.5, 0.6) is 0 Å². The van der Waals surface area contributed by atoms with E-state index in [2.05, 4.69) is 33.4 Å². The van der Waals surface area contributed by atoms with Gasteiger partial charge in [-0.25, -0.2) is 0 Å². The van der Waals surface area contributed by atoms with Crippen molar-refractivity contribution < 1.29 is 0 Å². The predicted octanol–water partition coefficient (Wildman–Crippen LogP) is 3.04. The Kier molecular flexibility index (Phi) is 5.77. The van der Waals surface area contributed by atoms with Gasteiger partial charge >= 0.3 is 0 Å². The molecule has 0 bridgehead atoms. The van der Waals surface area contributed by atoms with E-state index in [9.17, 15) is 0 Å². The van der Waals surface area contributed by atoms with Crippen LogP contribution in [0.2, 0.25) is 0 Å². The second-order valence-electron chi connectivity index (χ2n) is 3.04. The zero-order valence-electron chi connectivity index (χ0n) is 8.53. The average Bonchev–Trinajstić information content (AvgIpc) is 2.27. The number of halogens is 1. The normalized spacial score (nSPS) is 12.1. The first kappa shape index (κ1) is 12.6. The first-order valence-electron chi connectivity index (χ1n) is 4.72. The molecule has 0 amide bonds. The zero-order chi connectivity index (χ0) is 11.1. The molecule has 15 heavy (non-hydrogen) atoms. The highest BCUT2D eigenvalue weighted by Crippen LogP contribution is 2.27. The molecule has 1 aromatic rings. The van der Waals surface area contributed by atoms with Crippen molar-refractivity contribution in [1.29, 1.82) is 5.26 Å². The van der Waals surface area contributed by atoms with E-state index < -0.39 is 0 Å². The molecule has 0 aliphatic carbocycles. The summed E-state index contributed by atoms with van der Waals surface area (Å²) < 4.78 is 1.12. The van der Waals surface area contributed by atoms with Gasteiger partial charge in [-0.1, -0.05) is 12.1 Å². The summed E-state index contributed by atoms with van der Waals surface area (Å²) >= 11 is 5.26. The minimum absolute atomic E-state index is 0.0417. The molecule has 0 heterocycles. The lowest BCUT2D eigenvalue weighted by atomic mass is 10.3. The summed E-state index contributed by atoms with van der Waals surface area (Å²) in [6.07, 6.45) is 0.860. The van der Waals surface area contributed by atoms with Crippen molar-refractivity contribution in [3.8, 4) is 6.07 Å². The van der Waals surface area contributed by atoms with Crippen molar-refractivity contribution in [3.63, 3.8) is 0 Å². The van der Waals surface area contributed by atoms with Crippen molar-refractivity contribution in [3.05, 3.63) is 28.7 Å². The molecule has 1 atom stereocenters. The van der Waals surface area contributed by atoms with Crippen LogP contribution in [0.15, 0.2) is 33.6 Å². The molecule has 1 unspecified atom stereocenters. The molecule has 1 aromatic carbocycles. The fraction of sp³-hybridized carbons (Fsp3) is 0.364. The lowest BCUT2D eigenvalue weighted by Gasteiger charge is -2.07. The van der Waals surface area contributed by atoms with Crippen molar-refractivity contribution in [2.45, 2.75) is 17.4 Å². The molecule has 1 N–H and O–H groups in total. The molecule has 0 aromatic heterocycles. The molecule has 0 spiro atoms. The highest BCUT2D eigenvalue weighted by atomic mass is 79.9. The van der Waals surface area contributed by atoms with Gasteiger partial charge in [0.1, 0.15) is 0 Å².